The van der Waals surface area contributed by atoms with E-state index in [-0.39, 0.29) is 20.4 Å². The Kier molecular flexibility index (Phi) is 11.3. The van der Waals surface area contributed by atoms with E-state index in [1.54, 1.807) is 0 Å². The molecule has 0 aliphatic heterocycles. The van der Waals surface area contributed by atoms with E-state index in [0.717, 1.165) is 61.3 Å². The van der Waals surface area contributed by atoms with Crippen LogP contribution in [-0.4, -0.2) is 11.4 Å². The Hall–Kier alpha value is -1.56. The number of aliphatic imine (C=N–C) groups is 2. The van der Waals surface area contributed by atoms with Gasteiger partial charge in [0.05, 0.1) is 22.8 Å². The van der Waals surface area contributed by atoms with Crippen LogP contribution < -0.4 is 0 Å². The van der Waals surface area contributed by atoms with Gasteiger partial charge >= 0.3 is 0 Å². The first-order valence-electron chi connectivity index (χ1n) is 10.7. The number of benzene rings is 2. The van der Waals surface area contributed by atoms with Crippen LogP contribution in [-0.2, 0) is 20.4 Å². The van der Waals surface area contributed by atoms with Gasteiger partial charge in [-0.3, -0.25) is 9.98 Å². The molecular formula is C26H36N2Pd. The first kappa shape index (κ1) is 25.5. The molecule has 2 aromatic rings. The van der Waals surface area contributed by atoms with Crippen molar-refractivity contribution in [3.8, 4) is 0 Å². The minimum atomic E-state index is 0. The number of unbranched alkanes of at least 4 members (excludes halogenated alkanes) is 2. The Morgan fingerprint density at radius 2 is 0.897 bits per heavy atom. The van der Waals surface area contributed by atoms with Crippen LogP contribution in [0.4, 0.5) is 11.4 Å². The molecule has 2 nitrogen and oxygen atoms in total. The summed E-state index contributed by atoms with van der Waals surface area (Å²) in [6.45, 7) is 13.0. The molecule has 0 saturated heterocycles. The third kappa shape index (κ3) is 8.77. The summed E-state index contributed by atoms with van der Waals surface area (Å²) in [5.41, 5.74) is 9.44. The van der Waals surface area contributed by atoms with Crippen molar-refractivity contribution in [2.75, 3.05) is 0 Å². The summed E-state index contributed by atoms with van der Waals surface area (Å²) in [5.74, 6) is 0. The maximum atomic E-state index is 5.10. The zero-order chi connectivity index (χ0) is 20.5. The molecule has 0 atom stereocenters. The van der Waals surface area contributed by atoms with Gasteiger partial charge in [-0.25, -0.2) is 0 Å². The van der Waals surface area contributed by atoms with Crippen molar-refractivity contribution in [2.24, 2.45) is 9.98 Å². The normalized spacial score (nSPS) is 12.1. The minimum Gasteiger partial charge on any atom is -0.252 e. The van der Waals surface area contributed by atoms with Crippen LogP contribution in [0.15, 0.2) is 46.4 Å². The average molecular weight is 483 g/mol. The summed E-state index contributed by atoms with van der Waals surface area (Å²) in [7, 11) is 0. The molecule has 29 heavy (non-hydrogen) atoms. The molecule has 0 heterocycles. The smallest absolute Gasteiger partial charge is 0.0639 e. The van der Waals surface area contributed by atoms with Crippen LogP contribution in [0.5, 0.6) is 0 Å². The minimum absolute atomic E-state index is 0. The first-order chi connectivity index (χ1) is 13.4. The van der Waals surface area contributed by atoms with Gasteiger partial charge in [0.2, 0.25) is 0 Å². The molecule has 0 aromatic heterocycles. The molecule has 0 aliphatic carbocycles. The predicted molar refractivity (Wildman–Crippen MR) is 125 cm³/mol. The molecular weight excluding hydrogens is 447 g/mol. The molecule has 3 heteroatoms. The van der Waals surface area contributed by atoms with Gasteiger partial charge in [0, 0.05) is 20.4 Å². The number of hydrogen-bond donors (Lipinski definition) is 0. The Bertz CT molecular complexity index is 738. The number of nitrogens with zero attached hydrogens (tertiary/aromatic N) is 2. The fraction of sp³-hybridized carbons (Fsp3) is 0.462. The third-order valence-electron chi connectivity index (χ3n) is 4.81. The Morgan fingerprint density at radius 3 is 1.17 bits per heavy atom. The van der Waals surface area contributed by atoms with Gasteiger partial charge in [-0.15, -0.1) is 0 Å². The number of aryl methyl sites for hydroxylation is 4. The summed E-state index contributed by atoms with van der Waals surface area (Å²) in [6, 6.07) is 13.1. The second-order valence-electron chi connectivity index (χ2n) is 8.02. The number of hydrogen-bond acceptors (Lipinski definition) is 2. The standard InChI is InChI=1S/C26H36N2.Pd/c1-7-9-11-25(27-23-15-19(3)13-20(4)16-23)26(12-10-8-2)28-24-17-21(5)14-22(6)18-24;/h13-18H,7-12H2,1-6H3;. The second kappa shape index (κ2) is 12.9. The molecule has 0 unspecified atom stereocenters. The Balaban J connectivity index is 0.00000420. The summed E-state index contributed by atoms with van der Waals surface area (Å²) < 4.78 is 0. The van der Waals surface area contributed by atoms with Crippen molar-refractivity contribution < 1.29 is 20.4 Å². The quantitative estimate of drug-likeness (QED) is 0.254. The monoisotopic (exact) mass is 482 g/mol. The van der Waals surface area contributed by atoms with E-state index in [9.17, 15) is 0 Å². The van der Waals surface area contributed by atoms with E-state index in [4.69, 9.17) is 9.98 Å². The summed E-state index contributed by atoms with van der Waals surface area (Å²) in [4.78, 5) is 10.2. The predicted octanol–water partition coefficient (Wildman–Crippen LogP) is 8.14. The van der Waals surface area contributed by atoms with E-state index >= 15 is 0 Å². The molecule has 2 rings (SSSR count). The Labute approximate surface area is 191 Å². The fourth-order valence-corrected chi connectivity index (χ4v) is 3.56. The zero-order valence-corrected chi connectivity index (χ0v) is 20.5. The third-order valence-corrected chi connectivity index (χ3v) is 4.81. The molecule has 0 N–H and O–H groups in total. The second-order valence-corrected chi connectivity index (χ2v) is 8.02. The summed E-state index contributed by atoms with van der Waals surface area (Å²) in [5, 5.41) is 0. The van der Waals surface area contributed by atoms with Crippen molar-refractivity contribution in [1.82, 2.24) is 0 Å². The maximum Gasteiger partial charge on any atom is 0.0639 e. The van der Waals surface area contributed by atoms with Gasteiger partial charge in [0.25, 0.3) is 0 Å². The van der Waals surface area contributed by atoms with Crippen LogP contribution in [0.3, 0.4) is 0 Å². The van der Waals surface area contributed by atoms with Gasteiger partial charge in [-0.1, -0.05) is 38.8 Å². The van der Waals surface area contributed by atoms with Crippen LogP contribution in [0.25, 0.3) is 0 Å². The van der Waals surface area contributed by atoms with Crippen molar-refractivity contribution in [2.45, 2.75) is 80.1 Å². The van der Waals surface area contributed by atoms with Gasteiger partial charge in [0.15, 0.2) is 0 Å². The molecule has 160 valence electrons. The maximum absolute atomic E-state index is 5.10. The van der Waals surface area contributed by atoms with Crippen molar-refractivity contribution >= 4 is 22.8 Å². The van der Waals surface area contributed by atoms with Crippen molar-refractivity contribution in [1.29, 1.82) is 0 Å². The fourth-order valence-electron chi connectivity index (χ4n) is 3.56. The first-order valence-corrected chi connectivity index (χ1v) is 10.7. The average Bonchev–Trinajstić information content (AvgIpc) is 2.60. The Morgan fingerprint density at radius 1 is 0.586 bits per heavy atom. The molecule has 2 aromatic carbocycles. The van der Waals surface area contributed by atoms with Crippen LogP contribution in [0.1, 0.15) is 74.6 Å². The van der Waals surface area contributed by atoms with Crippen LogP contribution in [0.2, 0.25) is 0 Å². The van der Waals surface area contributed by atoms with Crippen molar-refractivity contribution in [3.63, 3.8) is 0 Å². The SMILES string of the molecule is CCCCC(=Nc1cc(C)cc(C)c1)C(CCCC)=Nc1cc(C)cc(C)c1.[Pd]. The molecule has 0 fully saturated rings. The molecule has 0 amide bonds. The van der Waals surface area contributed by atoms with Gasteiger partial charge in [0.1, 0.15) is 0 Å². The molecule has 0 aliphatic rings. The zero-order valence-electron chi connectivity index (χ0n) is 18.9. The van der Waals surface area contributed by atoms with E-state index in [1.165, 1.54) is 22.3 Å². The van der Waals surface area contributed by atoms with E-state index in [0.29, 0.717) is 0 Å². The van der Waals surface area contributed by atoms with Gasteiger partial charge < -0.3 is 0 Å². The van der Waals surface area contributed by atoms with E-state index in [2.05, 4.69) is 77.9 Å². The number of rotatable bonds is 9. The van der Waals surface area contributed by atoms with Crippen LogP contribution >= 0.6 is 0 Å². The van der Waals surface area contributed by atoms with E-state index < -0.39 is 0 Å². The summed E-state index contributed by atoms with van der Waals surface area (Å²) in [6.07, 6.45) is 6.57. The largest absolute Gasteiger partial charge is 0.252 e. The van der Waals surface area contributed by atoms with Gasteiger partial charge in [-0.05, 0) is 99.9 Å². The van der Waals surface area contributed by atoms with E-state index in [1.807, 2.05) is 0 Å². The molecule has 0 bridgehead atoms. The molecule has 0 radical (unpaired) electrons. The van der Waals surface area contributed by atoms with Crippen molar-refractivity contribution in [3.05, 3.63) is 58.7 Å². The topological polar surface area (TPSA) is 24.7 Å². The van der Waals surface area contributed by atoms with Gasteiger partial charge in [-0.2, -0.15) is 0 Å². The van der Waals surface area contributed by atoms with Crippen LogP contribution in [0, 0.1) is 27.7 Å². The molecule has 0 spiro atoms. The summed E-state index contributed by atoms with van der Waals surface area (Å²) >= 11 is 0. The molecule has 0 saturated carbocycles.